The van der Waals surface area contributed by atoms with E-state index >= 15 is 0 Å². The van der Waals surface area contributed by atoms with E-state index in [1.165, 1.54) is 0 Å². The van der Waals surface area contributed by atoms with Gasteiger partial charge in [-0.25, -0.2) is 4.79 Å². The van der Waals surface area contributed by atoms with Crippen molar-refractivity contribution in [2.75, 3.05) is 19.1 Å². The van der Waals surface area contributed by atoms with Gasteiger partial charge in [-0.1, -0.05) is 18.2 Å². The van der Waals surface area contributed by atoms with Crippen molar-refractivity contribution in [2.24, 2.45) is 7.05 Å². The molecule has 7 heteroatoms. The first-order valence-electron chi connectivity index (χ1n) is 10.1. The molecule has 1 N–H and O–H groups in total. The van der Waals surface area contributed by atoms with Crippen molar-refractivity contribution < 1.29 is 19.1 Å². The van der Waals surface area contributed by atoms with Crippen molar-refractivity contribution in [2.45, 2.75) is 31.9 Å². The minimum Gasteiger partial charge on any atom is -0.497 e. The van der Waals surface area contributed by atoms with Gasteiger partial charge in [0.2, 0.25) is 0 Å². The number of nitrogens with zero attached hydrogens (tertiary/aromatic N) is 2. The number of hydrogen-bond donors (Lipinski definition) is 1. The number of amides is 2. The van der Waals surface area contributed by atoms with Crippen LogP contribution < -0.4 is 15.0 Å². The van der Waals surface area contributed by atoms with Crippen LogP contribution in [0.5, 0.6) is 5.75 Å². The summed E-state index contributed by atoms with van der Waals surface area (Å²) in [6.45, 7) is 5.37. The predicted octanol–water partition coefficient (Wildman–Crippen LogP) is 3.93. The Hall–Kier alpha value is -3.48. The number of benzene rings is 2. The first kappa shape index (κ1) is 20.8. The second-order valence-electron chi connectivity index (χ2n) is 8.79. The van der Waals surface area contributed by atoms with Crippen molar-refractivity contribution in [1.82, 2.24) is 9.88 Å². The number of likely N-dealkylation sites (N-methyl/N-ethyl adjacent to an activating group) is 1. The Balaban J connectivity index is 2.02. The van der Waals surface area contributed by atoms with E-state index in [1.54, 1.807) is 52.0 Å². The Morgan fingerprint density at radius 1 is 1.06 bits per heavy atom. The molecule has 2 aromatic carbocycles. The van der Waals surface area contributed by atoms with Crippen LogP contribution in [0.25, 0.3) is 10.9 Å². The number of nitrogens with one attached hydrogen (secondary N) is 1. The Labute approximate surface area is 181 Å². The molecule has 0 unspecified atom stereocenters. The Morgan fingerprint density at radius 3 is 2.45 bits per heavy atom. The summed E-state index contributed by atoms with van der Waals surface area (Å²) in [7, 11) is 5.20. The molecule has 162 valence electrons. The van der Waals surface area contributed by atoms with Crippen LogP contribution in [0, 0.1) is 0 Å². The first-order valence-corrected chi connectivity index (χ1v) is 10.1. The number of rotatable bonds is 3. The number of fused-ring (bicyclic) bond motifs is 2. The number of alkyl carbamates (subject to hydrolysis) is 1. The number of carbonyl (C=O) groups excluding carboxylic acids is 2. The van der Waals surface area contributed by atoms with Gasteiger partial charge < -0.3 is 18.9 Å². The van der Waals surface area contributed by atoms with Gasteiger partial charge in [-0.3, -0.25) is 10.1 Å². The van der Waals surface area contributed by atoms with Gasteiger partial charge in [0.25, 0.3) is 5.91 Å². The SMILES string of the molecule is COc1ccc2c(c1)[C@@](NC(=O)OC(C)(C)C)(c1cn(C)c3ccccc13)C(=O)N2C. The number of carbonyl (C=O) groups is 2. The van der Waals surface area contributed by atoms with Gasteiger partial charge in [-0.05, 0) is 45.0 Å². The zero-order valence-corrected chi connectivity index (χ0v) is 18.6. The molecule has 1 atom stereocenters. The summed E-state index contributed by atoms with van der Waals surface area (Å²) in [5.41, 5.74) is 0.808. The predicted molar refractivity (Wildman–Crippen MR) is 119 cm³/mol. The second-order valence-corrected chi connectivity index (χ2v) is 8.79. The first-order chi connectivity index (χ1) is 14.6. The van der Waals surface area contributed by atoms with Gasteiger partial charge in [0.05, 0.1) is 12.8 Å². The molecular formula is C24H27N3O4. The Bertz CT molecular complexity index is 1190. The molecule has 1 aliphatic rings. The largest absolute Gasteiger partial charge is 0.497 e. The lowest BCUT2D eigenvalue weighted by molar-refractivity contribution is -0.122. The van der Waals surface area contributed by atoms with Crippen molar-refractivity contribution in [3.8, 4) is 5.75 Å². The van der Waals surface area contributed by atoms with Gasteiger partial charge in [0, 0.05) is 42.3 Å². The number of ether oxygens (including phenoxy) is 2. The average molecular weight is 421 g/mol. The fourth-order valence-corrected chi connectivity index (χ4v) is 4.26. The third-order valence-corrected chi connectivity index (χ3v) is 5.58. The van der Waals surface area contributed by atoms with Crippen LogP contribution >= 0.6 is 0 Å². The van der Waals surface area contributed by atoms with E-state index in [0.29, 0.717) is 22.6 Å². The molecule has 4 rings (SSSR count). The molecule has 7 nitrogen and oxygen atoms in total. The maximum absolute atomic E-state index is 13.8. The van der Waals surface area contributed by atoms with E-state index < -0.39 is 17.2 Å². The summed E-state index contributed by atoms with van der Waals surface area (Å²) in [5, 5.41) is 3.81. The maximum Gasteiger partial charge on any atom is 0.409 e. The second kappa shape index (κ2) is 7.04. The molecule has 1 aromatic heterocycles. The standard InChI is InChI=1S/C24H27N3O4/c1-23(2,3)31-22(29)25-24(18-14-26(4)19-10-8-7-9-16(18)19)17-13-15(30-6)11-12-20(17)27(5)21(24)28/h7-14H,1-6H3,(H,25,29)/t24-/m1/s1. The van der Waals surface area contributed by atoms with Crippen LogP contribution in [0.15, 0.2) is 48.7 Å². The topological polar surface area (TPSA) is 72.8 Å². The summed E-state index contributed by atoms with van der Waals surface area (Å²) in [6, 6.07) is 13.2. The van der Waals surface area contributed by atoms with Crippen LogP contribution in [0.4, 0.5) is 10.5 Å². The van der Waals surface area contributed by atoms with E-state index in [-0.39, 0.29) is 5.91 Å². The zero-order valence-electron chi connectivity index (χ0n) is 18.6. The highest BCUT2D eigenvalue weighted by Crippen LogP contribution is 2.47. The van der Waals surface area contributed by atoms with Crippen molar-refractivity contribution in [3.63, 3.8) is 0 Å². The van der Waals surface area contributed by atoms with E-state index in [9.17, 15) is 9.59 Å². The molecule has 0 radical (unpaired) electrons. The van der Waals surface area contributed by atoms with E-state index in [1.807, 2.05) is 48.1 Å². The fraction of sp³-hybridized carbons (Fsp3) is 0.333. The summed E-state index contributed by atoms with van der Waals surface area (Å²) < 4.78 is 13.0. The van der Waals surface area contributed by atoms with Crippen LogP contribution in [0.3, 0.4) is 0 Å². The number of aromatic nitrogens is 1. The van der Waals surface area contributed by atoms with Crippen molar-refractivity contribution >= 4 is 28.6 Å². The molecule has 2 heterocycles. The number of aryl methyl sites for hydroxylation is 1. The molecule has 0 aliphatic carbocycles. The molecule has 2 amide bonds. The van der Waals surface area contributed by atoms with Crippen LogP contribution in [0.2, 0.25) is 0 Å². The third kappa shape index (κ3) is 3.21. The average Bonchev–Trinajstić information content (AvgIpc) is 3.15. The smallest absolute Gasteiger partial charge is 0.409 e. The van der Waals surface area contributed by atoms with Gasteiger partial charge >= 0.3 is 6.09 Å². The summed E-state index contributed by atoms with van der Waals surface area (Å²) in [6.07, 6.45) is 1.22. The number of hydrogen-bond acceptors (Lipinski definition) is 4. The van der Waals surface area contributed by atoms with E-state index in [4.69, 9.17) is 9.47 Å². The van der Waals surface area contributed by atoms with E-state index in [2.05, 4.69) is 5.32 Å². The molecule has 31 heavy (non-hydrogen) atoms. The molecule has 1 aliphatic heterocycles. The monoisotopic (exact) mass is 421 g/mol. The maximum atomic E-state index is 13.8. The molecule has 0 saturated carbocycles. The molecule has 0 spiro atoms. The highest BCUT2D eigenvalue weighted by molar-refractivity contribution is 6.13. The molecule has 0 bridgehead atoms. The summed E-state index contributed by atoms with van der Waals surface area (Å²) in [5.74, 6) is 0.329. The van der Waals surface area contributed by atoms with Gasteiger partial charge in [0.1, 0.15) is 11.4 Å². The molecule has 0 fully saturated rings. The number of methoxy groups -OCH3 is 1. The molecular weight excluding hydrogens is 394 g/mol. The minimum atomic E-state index is -1.46. The lowest BCUT2D eigenvalue weighted by atomic mass is 9.83. The number of anilines is 1. The minimum absolute atomic E-state index is 0.266. The lowest BCUT2D eigenvalue weighted by Crippen LogP contribution is -2.54. The van der Waals surface area contributed by atoms with Crippen LogP contribution in [0.1, 0.15) is 31.9 Å². The van der Waals surface area contributed by atoms with Gasteiger partial charge in [-0.15, -0.1) is 0 Å². The van der Waals surface area contributed by atoms with Crippen LogP contribution in [-0.4, -0.2) is 36.3 Å². The van der Waals surface area contributed by atoms with Gasteiger partial charge in [0.15, 0.2) is 5.54 Å². The van der Waals surface area contributed by atoms with Crippen molar-refractivity contribution in [1.29, 1.82) is 0 Å². The lowest BCUT2D eigenvalue weighted by Gasteiger charge is -2.31. The fourth-order valence-electron chi connectivity index (χ4n) is 4.26. The number of para-hydroxylation sites is 1. The van der Waals surface area contributed by atoms with Crippen LogP contribution in [-0.2, 0) is 22.1 Å². The zero-order chi connectivity index (χ0) is 22.6. The molecule has 3 aromatic rings. The van der Waals surface area contributed by atoms with Crippen molar-refractivity contribution in [3.05, 3.63) is 59.8 Å². The summed E-state index contributed by atoms with van der Waals surface area (Å²) in [4.78, 5) is 28.4. The molecule has 0 saturated heterocycles. The summed E-state index contributed by atoms with van der Waals surface area (Å²) >= 11 is 0. The third-order valence-electron chi connectivity index (χ3n) is 5.58. The quantitative estimate of drug-likeness (QED) is 0.696. The normalized spacial score (nSPS) is 18.3. The highest BCUT2D eigenvalue weighted by atomic mass is 16.6. The highest BCUT2D eigenvalue weighted by Gasteiger charge is 2.54. The van der Waals surface area contributed by atoms with Gasteiger partial charge in [-0.2, -0.15) is 0 Å². The Morgan fingerprint density at radius 2 is 1.77 bits per heavy atom. The Kier molecular flexibility index (Phi) is 4.72. The van der Waals surface area contributed by atoms with E-state index in [0.717, 1.165) is 10.9 Å².